The molecule has 3 aromatic rings. The van der Waals surface area contributed by atoms with Crippen molar-refractivity contribution in [1.82, 2.24) is 4.72 Å². The number of piperidine rings is 1. The van der Waals surface area contributed by atoms with Gasteiger partial charge in [-0.1, -0.05) is 29.3 Å². The number of carboxylic acid groups (broad SMARTS) is 1. The molecule has 1 aromatic heterocycles. The molecule has 1 saturated heterocycles. The molecular formula is C20H17BrCl2N2O6S. The molecule has 1 fully saturated rings. The lowest BCUT2D eigenvalue weighted by Crippen LogP contribution is -2.44. The molecule has 0 amide bonds. The first-order valence-corrected chi connectivity index (χ1v) is 12.5. The van der Waals surface area contributed by atoms with E-state index in [-0.39, 0.29) is 26.9 Å². The van der Waals surface area contributed by atoms with Crippen molar-refractivity contribution in [3.63, 3.8) is 0 Å². The summed E-state index contributed by atoms with van der Waals surface area (Å²) >= 11 is 15.7. The first-order chi connectivity index (χ1) is 15.2. The number of nitrogens with zero attached hydrogens (tertiary/aromatic N) is 1. The second-order valence-electron chi connectivity index (χ2n) is 7.18. The van der Waals surface area contributed by atoms with E-state index in [0.29, 0.717) is 36.9 Å². The van der Waals surface area contributed by atoms with E-state index >= 15 is 0 Å². The lowest BCUT2D eigenvalue weighted by Gasteiger charge is -2.34. The number of hydrogen-bond donors (Lipinski definition) is 2. The van der Waals surface area contributed by atoms with Crippen LogP contribution in [-0.4, -0.2) is 38.8 Å². The molecule has 4 rings (SSSR count). The van der Waals surface area contributed by atoms with Gasteiger partial charge in [0.1, 0.15) is 10.5 Å². The van der Waals surface area contributed by atoms with E-state index < -0.39 is 16.2 Å². The molecule has 170 valence electrons. The summed E-state index contributed by atoms with van der Waals surface area (Å²) in [6, 6.07) is 9.39. The number of benzene rings is 2. The number of furan rings is 1. The zero-order valence-corrected chi connectivity index (χ0v) is 20.3. The molecule has 2 N–H and O–H groups in total. The van der Waals surface area contributed by atoms with Gasteiger partial charge in [-0.25, -0.2) is 17.9 Å². The Kier molecular flexibility index (Phi) is 6.60. The van der Waals surface area contributed by atoms with Gasteiger partial charge >= 0.3 is 6.16 Å². The van der Waals surface area contributed by atoms with Gasteiger partial charge < -0.3 is 19.2 Å². The monoisotopic (exact) mass is 562 g/mol. The predicted molar refractivity (Wildman–Crippen MR) is 125 cm³/mol. The zero-order chi connectivity index (χ0) is 23.0. The number of halogens is 3. The summed E-state index contributed by atoms with van der Waals surface area (Å²) in [7, 11) is -3.86. The van der Waals surface area contributed by atoms with Gasteiger partial charge in [0.2, 0.25) is 10.0 Å². The number of ether oxygens (including phenoxy) is 1. The maximum atomic E-state index is 12.8. The van der Waals surface area contributed by atoms with Crippen molar-refractivity contribution in [1.29, 1.82) is 0 Å². The van der Waals surface area contributed by atoms with Crippen molar-refractivity contribution in [3.8, 4) is 5.95 Å². The fourth-order valence-corrected chi connectivity index (χ4v) is 6.82. The van der Waals surface area contributed by atoms with Crippen molar-refractivity contribution >= 4 is 72.0 Å². The van der Waals surface area contributed by atoms with Gasteiger partial charge in [0.15, 0.2) is 0 Å². The van der Waals surface area contributed by atoms with E-state index in [9.17, 15) is 13.2 Å². The zero-order valence-electron chi connectivity index (χ0n) is 16.3. The molecule has 0 unspecified atom stereocenters. The van der Waals surface area contributed by atoms with E-state index in [1.807, 2.05) is 6.07 Å². The maximum Gasteiger partial charge on any atom is 0.513 e. The Balaban J connectivity index is 1.47. The summed E-state index contributed by atoms with van der Waals surface area (Å²) in [6.07, 6.45) is -0.308. The number of carbonyl (C=O) groups is 1. The molecule has 0 aliphatic carbocycles. The van der Waals surface area contributed by atoms with E-state index in [1.54, 1.807) is 12.1 Å². The average molecular weight is 564 g/mol. The molecule has 32 heavy (non-hydrogen) atoms. The topological polar surface area (TPSA) is 109 Å². The van der Waals surface area contributed by atoms with E-state index in [2.05, 4.69) is 30.3 Å². The third-order valence-electron chi connectivity index (χ3n) is 5.13. The SMILES string of the molecule is O=C(O)Oc1cc2c(Br)c(N3CCC(NS(=O)(=O)c4c(Cl)cccc4Cl)CC3)ccc2o1. The fraction of sp³-hybridized carbons (Fsp3) is 0.250. The maximum absolute atomic E-state index is 12.8. The van der Waals surface area contributed by atoms with Crippen LogP contribution >= 0.6 is 39.1 Å². The molecule has 0 saturated carbocycles. The normalized spacial score (nSPS) is 15.3. The molecule has 0 atom stereocenters. The molecule has 1 aliphatic heterocycles. The lowest BCUT2D eigenvalue weighted by atomic mass is 10.1. The number of nitrogens with one attached hydrogen (secondary N) is 1. The van der Waals surface area contributed by atoms with E-state index in [0.717, 1.165) is 10.2 Å². The van der Waals surface area contributed by atoms with Crippen molar-refractivity contribution in [2.75, 3.05) is 18.0 Å². The molecule has 0 spiro atoms. The Bertz CT molecular complexity index is 1270. The number of hydrogen-bond acceptors (Lipinski definition) is 6. The summed E-state index contributed by atoms with van der Waals surface area (Å²) in [5, 5.41) is 9.59. The quantitative estimate of drug-likeness (QED) is 0.394. The average Bonchev–Trinajstić information content (AvgIpc) is 3.11. The number of rotatable bonds is 5. The highest BCUT2D eigenvalue weighted by molar-refractivity contribution is 9.10. The predicted octanol–water partition coefficient (Wildman–Crippen LogP) is 5.51. The molecule has 2 heterocycles. The van der Waals surface area contributed by atoms with Crippen LogP contribution in [-0.2, 0) is 10.0 Å². The summed E-state index contributed by atoms with van der Waals surface area (Å²) in [5.41, 5.74) is 1.37. The summed E-state index contributed by atoms with van der Waals surface area (Å²) in [6.45, 7) is 1.20. The van der Waals surface area contributed by atoms with E-state index in [1.165, 1.54) is 18.2 Å². The molecule has 12 heteroatoms. The van der Waals surface area contributed by atoms with Crippen LogP contribution < -0.4 is 14.4 Å². The Morgan fingerprint density at radius 1 is 1.19 bits per heavy atom. The van der Waals surface area contributed by atoms with Crippen molar-refractivity contribution in [3.05, 3.63) is 50.9 Å². The highest BCUT2D eigenvalue weighted by Gasteiger charge is 2.28. The van der Waals surface area contributed by atoms with Crippen molar-refractivity contribution < 1.29 is 27.5 Å². The van der Waals surface area contributed by atoms with Gasteiger partial charge in [0, 0.05) is 30.6 Å². The van der Waals surface area contributed by atoms with Crippen LogP contribution in [0.5, 0.6) is 5.95 Å². The molecular weight excluding hydrogens is 547 g/mol. The minimum atomic E-state index is -3.86. The Morgan fingerprint density at radius 3 is 2.47 bits per heavy atom. The van der Waals surface area contributed by atoms with Gasteiger partial charge in [-0.3, -0.25) is 0 Å². The summed E-state index contributed by atoms with van der Waals surface area (Å²) in [5.74, 6) is -0.114. The number of sulfonamides is 1. The second kappa shape index (κ2) is 9.11. The second-order valence-corrected chi connectivity index (χ2v) is 10.4. The lowest BCUT2D eigenvalue weighted by molar-refractivity contribution is 0.134. The van der Waals surface area contributed by atoms with Crippen LogP contribution in [0.3, 0.4) is 0 Å². The Labute approximate surface area is 202 Å². The Hall–Kier alpha value is -1.98. The Morgan fingerprint density at radius 2 is 1.84 bits per heavy atom. The molecule has 8 nitrogen and oxygen atoms in total. The van der Waals surface area contributed by atoms with Gasteiger partial charge in [-0.2, -0.15) is 0 Å². The van der Waals surface area contributed by atoms with Gasteiger partial charge in [0.25, 0.3) is 5.95 Å². The summed E-state index contributed by atoms with van der Waals surface area (Å²) < 4.78 is 39.0. The number of anilines is 1. The van der Waals surface area contributed by atoms with E-state index in [4.69, 9.17) is 32.7 Å². The minimum absolute atomic E-state index is 0.0750. The van der Waals surface area contributed by atoms with Crippen molar-refractivity contribution in [2.24, 2.45) is 0 Å². The first-order valence-electron chi connectivity index (χ1n) is 9.50. The fourth-order valence-electron chi connectivity index (χ4n) is 3.68. The molecule has 2 aromatic carbocycles. The standard InChI is InChI=1S/C20H17BrCl2N2O6S/c21-18-12-10-17(31-20(26)27)30-16(12)5-4-15(18)25-8-6-11(7-9-25)24-32(28,29)19-13(22)2-1-3-14(19)23/h1-5,10-11,24H,6-9H2,(H,26,27). The van der Waals surface area contributed by atoms with Crippen LogP contribution in [0.2, 0.25) is 10.0 Å². The highest BCUT2D eigenvalue weighted by Crippen LogP contribution is 2.38. The minimum Gasteiger partial charge on any atom is -0.449 e. The largest absolute Gasteiger partial charge is 0.513 e. The van der Waals surface area contributed by atoms with Gasteiger partial charge in [0.05, 0.1) is 20.2 Å². The molecule has 0 radical (unpaired) electrons. The van der Waals surface area contributed by atoms with Crippen LogP contribution in [0.15, 0.2) is 50.2 Å². The highest BCUT2D eigenvalue weighted by atomic mass is 79.9. The van der Waals surface area contributed by atoms with Crippen molar-refractivity contribution in [2.45, 2.75) is 23.8 Å². The van der Waals surface area contributed by atoms with Crippen LogP contribution in [0.25, 0.3) is 11.0 Å². The first kappa shape index (κ1) is 23.2. The third-order valence-corrected chi connectivity index (χ3v) is 8.43. The van der Waals surface area contributed by atoms with Gasteiger partial charge in [-0.15, -0.1) is 0 Å². The van der Waals surface area contributed by atoms with Crippen LogP contribution in [0, 0.1) is 0 Å². The smallest absolute Gasteiger partial charge is 0.449 e. The van der Waals surface area contributed by atoms with Crippen LogP contribution in [0.4, 0.5) is 10.5 Å². The molecule has 1 aliphatic rings. The molecule has 0 bridgehead atoms. The van der Waals surface area contributed by atoms with Gasteiger partial charge in [-0.05, 0) is 53.0 Å². The summed E-state index contributed by atoms with van der Waals surface area (Å²) in [4.78, 5) is 12.7. The van der Waals surface area contributed by atoms with Crippen LogP contribution in [0.1, 0.15) is 12.8 Å². The third kappa shape index (κ3) is 4.69. The number of fused-ring (bicyclic) bond motifs is 1.